The van der Waals surface area contributed by atoms with Gasteiger partial charge in [0.25, 0.3) is 0 Å². The van der Waals surface area contributed by atoms with Crippen molar-refractivity contribution in [2.24, 2.45) is 0 Å². The Morgan fingerprint density at radius 2 is 1.58 bits per heavy atom. The Kier molecular flexibility index (Phi) is 2.30. The van der Waals surface area contributed by atoms with Crippen LogP contribution in [0.25, 0.3) is 0 Å². The van der Waals surface area contributed by atoms with Gasteiger partial charge in [-0.05, 0) is 19.1 Å². The van der Waals surface area contributed by atoms with E-state index in [4.69, 9.17) is 10.5 Å². The maximum Gasteiger partial charge on any atom is 0.198 e. The van der Waals surface area contributed by atoms with E-state index in [2.05, 4.69) is 0 Å². The Hall–Kier alpha value is -2.00. The van der Waals surface area contributed by atoms with Gasteiger partial charge in [-0.1, -0.05) is 17.7 Å². The number of nitriles is 2. The van der Waals surface area contributed by atoms with Crippen molar-refractivity contribution in [2.75, 3.05) is 4.90 Å². The molecule has 0 saturated carbocycles. The second kappa shape index (κ2) is 3.41. The summed E-state index contributed by atoms with van der Waals surface area (Å²) < 4.78 is 0. The van der Waals surface area contributed by atoms with Gasteiger partial charge in [0.1, 0.15) is 0 Å². The summed E-state index contributed by atoms with van der Waals surface area (Å²) in [5.41, 5.74) is 1.71. The van der Waals surface area contributed by atoms with Crippen molar-refractivity contribution in [3.63, 3.8) is 0 Å². The molecule has 0 amide bonds. The summed E-state index contributed by atoms with van der Waals surface area (Å²) in [7, 11) is 0. The Morgan fingerprint density at radius 3 is 2.00 bits per heavy atom. The zero-order valence-corrected chi connectivity index (χ0v) is 6.65. The number of aryl methyl sites for hydroxylation is 1. The number of nitrogens with zero attached hydrogens (tertiary/aromatic N) is 3. The van der Waals surface area contributed by atoms with Crippen LogP contribution in [-0.2, 0) is 0 Å². The van der Waals surface area contributed by atoms with Gasteiger partial charge < -0.3 is 0 Å². The molecular formula is C9H7N3. The van der Waals surface area contributed by atoms with Gasteiger partial charge in [-0.15, -0.1) is 0 Å². The lowest BCUT2D eigenvalue weighted by atomic mass is 10.2. The smallest absolute Gasteiger partial charge is 0.183 e. The number of benzene rings is 1. The molecule has 3 heteroatoms. The normalized spacial score (nSPS) is 8.25. The summed E-state index contributed by atoms with van der Waals surface area (Å²) in [6.45, 7) is 1.95. The molecule has 0 fully saturated rings. The van der Waals surface area contributed by atoms with Gasteiger partial charge in [-0.3, -0.25) is 0 Å². The van der Waals surface area contributed by atoms with Crippen molar-refractivity contribution in [2.45, 2.75) is 6.92 Å². The molecule has 0 aliphatic heterocycles. The zero-order valence-electron chi connectivity index (χ0n) is 6.65. The molecule has 0 saturated heterocycles. The summed E-state index contributed by atoms with van der Waals surface area (Å²) in [5, 5.41) is 17.0. The molecule has 0 heterocycles. The highest BCUT2D eigenvalue weighted by atomic mass is 15.1. The SMILES string of the molecule is Cc1ccc(N(C#N)C#N)cc1. The maximum atomic E-state index is 8.50. The highest BCUT2D eigenvalue weighted by Gasteiger charge is 2.01. The Balaban J connectivity index is 2.99. The molecule has 0 aliphatic carbocycles. The van der Waals surface area contributed by atoms with Gasteiger partial charge in [-0.2, -0.15) is 15.4 Å². The van der Waals surface area contributed by atoms with E-state index < -0.39 is 0 Å². The Bertz CT molecular complexity index is 326. The fraction of sp³-hybridized carbons (Fsp3) is 0.111. The highest BCUT2D eigenvalue weighted by molar-refractivity contribution is 5.54. The maximum absolute atomic E-state index is 8.50. The number of hydrogen-bond acceptors (Lipinski definition) is 3. The molecule has 1 aromatic carbocycles. The topological polar surface area (TPSA) is 50.8 Å². The van der Waals surface area contributed by atoms with E-state index in [1.807, 2.05) is 19.1 Å². The molecule has 0 spiro atoms. The molecule has 1 rings (SSSR count). The van der Waals surface area contributed by atoms with Crippen LogP contribution in [0.4, 0.5) is 5.69 Å². The Morgan fingerprint density at radius 1 is 1.08 bits per heavy atom. The lowest BCUT2D eigenvalue weighted by Gasteiger charge is -2.03. The van der Waals surface area contributed by atoms with Crippen molar-refractivity contribution in [3.8, 4) is 12.4 Å². The van der Waals surface area contributed by atoms with E-state index >= 15 is 0 Å². The highest BCUT2D eigenvalue weighted by Crippen LogP contribution is 2.12. The predicted molar refractivity (Wildman–Crippen MR) is 44.9 cm³/mol. The third-order valence-corrected chi connectivity index (χ3v) is 1.49. The van der Waals surface area contributed by atoms with Crippen molar-refractivity contribution in [3.05, 3.63) is 29.8 Å². The molecule has 0 unspecified atom stereocenters. The first-order valence-electron chi connectivity index (χ1n) is 3.44. The van der Waals surface area contributed by atoms with Crippen molar-refractivity contribution >= 4 is 5.69 Å². The minimum absolute atomic E-state index is 0.602. The fourth-order valence-electron chi connectivity index (χ4n) is 0.832. The number of hydrogen-bond donors (Lipinski definition) is 0. The second-order valence-electron chi connectivity index (χ2n) is 2.37. The predicted octanol–water partition coefficient (Wildman–Crippen LogP) is 1.76. The van der Waals surface area contributed by atoms with E-state index in [0.29, 0.717) is 5.69 Å². The summed E-state index contributed by atoms with van der Waals surface area (Å²) in [4.78, 5) is 0.958. The summed E-state index contributed by atoms with van der Waals surface area (Å²) in [6, 6.07) is 7.19. The molecule has 12 heavy (non-hydrogen) atoms. The third-order valence-electron chi connectivity index (χ3n) is 1.49. The Labute approximate surface area is 71.1 Å². The second-order valence-corrected chi connectivity index (χ2v) is 2.37. The van der Waals surface area contributed by atoms with Crippen LogP contribution in [0.3, 0.4) is 0 Å². The summed E-state index contributed by atoms with van der Waals surface area (Å²) >= 11 is 0. The standard InChI is InChI=1S/C9H7N3/c1-8-2-4-9(5-3-8)12(6-10)7-11/h2-5H,1H3. The lowest BCUT2D eigenvalue weighted by molar-refractivity contribution is 1.26. The van der Waals surface area contributed by atoms with E-state index in [1.54, 1.807) is 24.5 Å². The van der Waals surface area contributed by atoms with Gasteiger partial charge >= 0.3 is 0 Å². The summed E-state index contributed by atoms with van der Waals surface area (Å²) in [5.74, 6) is 0. The van der Waals surface area contributed by atoms with Crippen LogP contribution in [0, 0.1) is 29.8 Å². The van der Waals surface area contributed by atoms with Gasteiger partial charge in [0.15, 0.2) is 12.4 Å². The molecule has 3 nitrogen and oxygen atoms in total. The monoisotopic (exact) mass is 157 g/mol. The average Bonchev–Trinajstić information content (AvgIpc) is 2.10. The minimum atomic E-state index is 0.602. The van der Waals surface area contributed by atoms with Crippen LogP contribution in [0.1, 0.15) is 5.56 Å². The molecule has 0 aromatic heterocycles. The van der Waals surface area contributed by atoms with Crippen LogP contribution in [-0.4, -0.2) is 0 Å². The number of anilines is 1. The van der Waals surface area contributed by atoms with Crippen LogP contribution < -0.4 is 4.90 Å². The van der Waals surface area contributed by atoms with E-state index in [1.165, 1.54) is 0 Å². The summed E-state index contributed by atoms with van der Waals surface area (Å²) in [6.07, 6.45) is 3.52. The van der Waals surface area contributed by atoms with Gasteiger partial charge in [0.05, 0.1) is 5.69 Å². The quantitative estimate of drug-likeness (QED) is 0.461. The molecule has 0 atom stereocenters. The molecule has 1 aromatic rings. The average molecular weight is 157 g/mol. The van der Waals surface area contributed by atoms with Crippen LogP contribution in [0.2, 0.25) is 0 Å². The molecular weight excluding hydrogens is 150 g/mol. The molecule has 0 radical (unpaired) electrons. The van der Waals surface area contributed by atoms with Crippen LogP contribution in [0.15, 0.2) is 24.3 Å². The first-order valence-corrected chi connectivity index (χ1v) is 3.44. The third kappa shape index (κ3) is 1.53. The van der Waals surface area contributed by atoms with E-state index in [9.17, 15) is 0 Å². The molecule has 58 valence electrons. The van der Waals surface area contributed by atoms with Crippen LogP contribution in [0.5, 0.6) is 0 Å². The zero-order chi connectivity index (χ0) is 8.97. The van der Waals surface area contributed by atoms with Gasteiger partial charge in [0, 0.05) is 0 Å². The van der Waals surface area contributed by atoms with Crippen molar-refractivity contribution in [1.29, 1.82) is 10.5 Å². The molecule has 0 aliphatic rings. The van der Waals surface area contributed by atoms with Gasteiger partial charge in [0.2, 0.25) is 0 Å². The number of rotatable bonds is 1. The van der Waals surface area contributed by atoms with E-state index in [0.717, 1.165) is 10.5 Å². The van der Waals surface area contributed by atoms with E-state index in [-0.39, 0.29) is 0 Å². The van der Waals surface area contributed by atoms with Crippen LogP contribution >= 0.6 is 0 Å². The largest absolute Gasteiger partial charge is 0.198 e. The first kappa shape index (κ1) is 8.10. The molecule has 0 bridgehead atoms. The van der Waals surface area contributed by atoms with Crippen molar-refractivity contribution < 1.29 is 0 Å². The fourth-order valence-corrected chi connectivity index (χ4v) is 0.832. The molecule has 0 N–H and O–H groups in total. The minimum Gasteiger partial charge on any atom is -0.183 e. The first-order chi connectivity index (χ1) is 5.77. The van der Waals surface area contributed by atoms with Gasteiger partial charge in [-0.25, -0.2) is 0 Å². The lowest BCUT2D eigenvalue weighted by Crippen LogP contribution is -2.06. The van der Waals surface area contributed by atoms with Crippen molar-refractivity contribution in [1.82, 2.24) is 0 Å².